The zero-order valence-electron chi connectivity index (χ0n) is 8.93. The maximum atomic E-state index is 11.4. The lowest BCUT2D eigenvalue weighted by molar-refractivity contribution is -0.136. The Morgan fingerprint density at radius 1 is 1.47 bits per heavy atom. The smallest absolute Gasteiger partial charge is 0.307 e. The van der Waals surface area contributed by atoms with Crippen molar-refractivity contribution in [2.75, 3.05) is 5.32 Å². The topological polar surface area (TPSA) is 71.3 Å². The van der Waals surface area contributed by atoms with Crippen LogP contribution in [0, 0.1) is 0 Å². The summed E-state index contributed by atoms with van der Waals surface area (Å²) in [6.45, 7) is 0.243. The van der Waals surface area contributed by atoms with Gasteiger partial charge in [-0.15, -0.1) is 0 Å². The van der Waals surface area contributed by atoms with Crippen molar-refractivity contribution in [3.8, 4) is 0 Å². The highest BCUT2D eigenvalue weighted by atomic mass is 16.4. The fourth-order valence-corrected chi connectivity index (χ4v) is 2.31. The van der Waals surface area contributed by atoms with Gasteiger partial charge in [-0.3, -0.25) is 9.59 Å². The average Bonchev–Trinajstić information content (AvgIpc) is 2.57. The zero-order valence-corrected chi connectivity index (χ0v) is 8.93. The highest BCUT2D eigenvalue weighted by molar-refractivity contribution is 6.05. The highest BCUT2D eigenvalue weighted by Gasteiger charge is 2.20. The van der Waals surface area contributed by atoms with Crippen molar-refractivity contribution in [2.45, 2.75) is 13.0 Å². The lowest BCUT2D eigenvalue weighted by Gasteiger charge is -2.15. The monoisotopic (exact) mass is 230 g/mol. The molecule has 2 aromatic rings. The Morgan fingerprint density at radius 3 is 3.06 bits per heavy atom. The third-order valence-corrected chi connectivity index (χ3v) is 2.91. The maximum absolute atomic E-state index is 11.4. The van der Waals surface area contributed by atoms with E-state index in [2.05, 4.69) is 5.32 Å². The van der Waals surface area contributed by atoms with Gasteiger partial charge >= 0.3 is 5.97 Å². The summed E-state index contributed by atoms with van der Waals surface area (Å²) >= 11 is 0. The van der Waals surface area contributed by atoms with Gasteiger partial charge in [-0.2, -0.15) is 0 Å². The van der Waals surface area contributed by atoms with Crippen LogP contribution in [0.1, 0.15) is 5.56 Å². The molecule has 1 aliphatic rings. The summed E-state index contributed by atoms with van der Waals surface area (Å²) in [6, 6.07) is 5.52. The molecule has 0 aliphatic carbocycles. The first-order valence-corrected chi connectivity index (χ1v) is 5.27. The standard InChI is InChI=1S/C12H10N2O3/c15-10-6-14-5-7(4-11(16)17)8-2-1-3-9(13-10)12(8)14/h1-3,5H,4,6H2,(H,13,15)(H,16,17). The Morgan fingerprint density at radius 2 is 2.29 bits per heavy atom. The Hall–Kier alpha value is -2.30. The predicted octanol–water partition coefficient (Wildman–Crippen LogP) is 1.22. The number of aromatic nitrogens is 1. The van der Waals surface area contributed by atoms with Crippen molar-refractivity contribution in [1.29, 1.82) is 0 Å². The van der Waals surface area contributed by atoms with Crippen LogP contribution in [-0.4, -0.2) is 21.6 Å². The molecule has 3 rings (SSSR count). The van der Waals surface area contributed by atoms with E-state index < -0.39 is 5.97 Å². The van der Waals surface area contributed by atoms with Gasteiger partial charge in [0.15, 0.2) is 0 Å². The van der Waals surface area contributed by atoms with Crippen LogP contribution in [0.25, 0.3) is 10.9 Å². The van der Waals surface area contributed by atoms with Crippen LogP contribution in [-0.2, 0) is 22.6 Å². The molecule has 1 aromatic heterocycles. The number of para-hydroxylation sites is 1. The van der Waals surface area contributed by atoms with Crippen molar-refractivity contribution in [1.82, 2.24) is 4.57 Å². The number of carboxylic acid groups (broad SMARTS) is 1. The van der Waals surface area contributed by atoms with Gasteiger partial charge in [0.2, 0.25) is 5.91 Å². The van der Waals surface area contributed by atoms with Crippen molar-refractivity contribution in [2.24, 2.45) is 0 Å². The number of benzene rings is 1. The molecule has 2 heterocycles. The minimum Gasteiger partial charge on any atom is -0.481 e. The molecule has 0 atom stereocenters. The minimum absolute atomic E-state index is 0.0266. The normalized spacial score (nSPS) is 13.8. The van der Waals surface area contributed by atoms with E-state index in [9.17, 15) is 9.59 Å². The van der Waals surface area contributed by atoms with E-state index in [4.69, 9.17) is 5.11 Å². The number of nitrogens with zero attached hydrogens (tertiary/aromatic N) is 1. The fraction of sp³-hybridized carbons (Fsp3) is 0.167. The second-order valence-electron chi connectivity index (χ2n) is 4.10. The SMILES string of the molecule is O=C(O)Cc1cn2c3c(cccc13)NC(=O)C2. The summed E-state index contributed by atoms with van der Waals surface area (Å²) in [4.78, 5) is 22.2. The van der Waals surface area contributed by atoms with Gasteiger partial charge < -0.3 is 15.0 Å². The number of rotatable bonds is 2. The molecular formula is C12H10N2O3. The molecule has 1 aliphatic heterocycles. The Bertz CT molecular complexity index is 642. The van der Waals surface area contributed by atoms with Crippen LogP contribution in [0.15, 0.2) is 24.4 Å². The van der Waals surface area contributed by atoms with Crippen LogP contribution in [0.5, 0.6) is 0 Å². The summed E-state index contributed by atoms with van der Waals surface area (Å²) in [5.41, 5.74) is 2.39. The number of carbonyl (C=O) groups excluding carboxylic acids is 1. The van der Waals surface area contributed by atoms with Crippen LogP contribution in [0.4, 0.5) is 5.69 Å². The van der Waals surface area contributed by atoms with E-state index in [0.29, 0.717) is 0 Å². The van der Waals surface area contributed by atoms with Crippen molar-refractivity contribution < 1.29 is 14.7 Å². The summed E-state index contributed by atoms with van der Waals surface area (Å²) < 4.78 is 1.81. The molecule has 0 saturated carbocycles. The van der Waals surface area contributed by atoms with Gasteiger partial charge in [-0.1, -0.05) is 12.1 Å². The largest absolute Gasteiger partial charge is 0.481 e. The summed E-state index contributed by atoms with van der Waals surface area (Å²) in [5.74, 6) is -0.949. The van der Waals surface area contributed by atoms with Crippen LogP contribution >= 0.6 is 0 Å². The molecule has 1 aromatic carbocycles. The van der Waals surface area contributed by atoms with Gasteiger partial charge in [0.25, 0.3) is 0 Å². The molecular weight excluding hydrogens is 220 g/mol. The van der Waals surface area contributed by atoms with Gasteiger partial charge in [-0.25, -0.2) is 0 Å². The second kappa shape index (κ2) is 3.35. The van der Waals surface area contributed by atoms with Gasteiger partial charge in [0, 0.05) is 11.6 Å². The summed E-state index contributed by atoms with van der Waals surface area (Å²) in [7, 11) is 0. The molecule has 0 bridgehead atoms. The Balaban J connectivity index is 2.26. The summed E-state index contributed by atoms with van der Waals surface area (Å²) in [6.07, 6.45) is 1.72. The molecule has 0 spiro atoms. The molecule has 5 nitrogen and oxygen atoms in total. The van der Waals surface area contributed by atoms with E-state index in [1.807, 2.05) is 22.8 Å². The number of aliphatic carboxylic acids is 1. The first-order chi connectivity index (χ1) is 8.15. The number of carbonyl (C=O) groups is 2. The first-order valence-electron chi connectivity index (χ1n) is 5.27. The van der Waals surface area contributed by atoms with Gasteiger partial charge in [-0.05, 0) is 11.6 Å². The molecule has 5 heteroatoms. The molecule has 0 fully saturated rings. The third-order valence-electron chi connectivity index (χ3n) is 2.91. The quantitative estimate of drug-likeness (QED) is 0.814. The molecule has 1 amide bonds. The van der Waals surface area contributed by atoms with Crippen LogP contribution in [0.2, 0.25) is 0 Å². The molecule has 2 N–H and O–H groups in total. The van der Waals surface area contributed by atoms with E-state index in [-0.39, 0.29) is 18.9 Å². The summed E-state index contributed by atoms with van der Waals surface area (Å²) in [5, 5.41) is 12.5. The minimum atomic E-state index is -0.868. The maximum Gasteiger partial charge on any atom is 0.307 e. The number of anilines is 1. The number of carboxylic acids is 1. The second-order valence-corrected chi connectivity index (χ2v) is 4.10. The number of amides is 1. The predicted molar refractivity (Wildman–Crippen MR) is 61.9 cm³/mol. The van der Waals surface area contributed by atoms with Gasteiger partial charge in [0.1, 0.15) is 6.54 Å². The number of hydrogen-bond acceptors (Lipinski definition) is 2. The Kier molecular flexibility index (Phi) is 1.95. The van der Waals surface area contributed by atoms with Gasteiger partial charge in [0.05, 0.1) is 17.6 Å². The highest BCUT2D eigenvalue weighted by Crippen LogP contribution is 2.30. The van der Waals surface area contributed by atoms with Crippen molar-refractivity contribution in [3.63, 3.8) is 0 Å². The van der Waals surface area contributed by atoms with Crippen LogP contribution in [0.3, 0.4) is 0 Å². The lowest BCUT2D eigenvalue weighted by Crippen LogP contribution is -2.22. The van der Waals surface area contributed by atoms with E-state index in [0.717, 1.165) is 22.2 Å². The average molecular weight is 230 g/mol. The van der Waals surface area contributed by atoms with E-state index in [1.54, 1.807) is 6.20 Å². The van der Waals surface area contributed by atoms with E-state index in [1.165, 1.54) is 0 Å². The van der Waals surface area contributed by atoms with Crippen molar-refractivity contribution >= 4 is 28.5 Å². The molecule has 0 radical (unpaired) electrons. The number of nitrogens with one attached hydrogen (secondary N) is 1. The third kappa shape index (κ3) is 1.47. The van der Waals surface area contributed by atoms with Crippen molar-refractivity contribution in [3.05, 3.63) is 30.0 Å². The molecule has 0 unspecified atom stereocenters. The fourth-order valence-electron chi connectivity index (χ4n) is 2.31. The first kappa shape index (κ1) is 9.89. The lowest BCUT2D eigenvalue weighted by atomic mass is 10.1. The van der Waals surface area contributed by atoms with Crippen LogP contribution < -0.4 is 5.32 Å². The molecule has 17 heavy (non-hydrogen) atoms. The Labute approximate surface area is 96.7 Å². The number of hydrogen-bond donors (Lipinski definition) is 2. The molecule has 0 saturated heterocycles. The van der Waals surface area contributed by atoms with E-state index >= 15 is 0 Å². The zero-order chi connectivity index (χ0) is 12.0. The molecule has 86 valence electrons.